The Hall–Kier alpha value is -2.68. The van der Waals surface area contributed by atoms with E-state index in [1.54, 1.807) is 22.8 Å². The number of fused-ring (bicyclic) bond motifs is 1. The number of hydrogen-bond acceptors (Lipinski definition) is 3. The highest BCUT2D eigenvalue weighted by molar-refractivity contribution is 7.89. The molecule has 0 aliphatic heterocycles. The molecule has 4 nitrogen and oxygen atoms in total. The minimum Gasteiger partial charge on any atom is -0.308 e. The largest absolute Gasteiger partial charge is 0.308 e. The minimum absolute atomic E-state index is 0.181. The van der Waals surface area contributed by atoms with E-state index in [-0.39, 0.29) is 5.56 Å². The molecule has 0 fully saturated rings. The predicted molar refractivity (Wildman–Crippen MR) is 106 cm³/mol. The first-order valence-corrected chi connectivity index (χ1v) is 11.0. The summed E-state index contributed by atoms with van der Waals surface area (Å²) in [6, 6.07) is 7.59. The first-order valence-electron chi connectivity index (χ1n) is 9.20. The molecular weight excluding hydrogens is 422 g/mol. The Kier molecular flexibility index (Phi) is 6.03. The Balaban J connectivity index is 1.96. The van der Waals surface area contributed by atoms with Crippen LogP contribution < -0.4 is 5.56 Å². The predicted octanol–water partition coefficient (Wildman–Crippen LogP) is 4.39. The van der Waals surface area contributed by atoms with Crippen molar-refractivity contribution in [1.29, 1.82) is 0 Å². The monoisotopic (exact) mass is 441 g/mol. The quantitative estimate of drug-likeness (QED) is 0.421. The Labute approximate surface area is 170 Å². The van der Waals surface area contributed by atoms with Gasteiger partial charge in [-0.2, -0.15) is 0 Å². The number of pyridine rings is 1. The van der Waals surface area contributed by atoms with Gasteiger partial charge in [0, 0.05) is 23.7 Å². The van der Waals surface area contributed by atoms with Crippen LogP contribution in [-0.2, 0) is 27.9 Å². The van der Waals surface area contributed by atoms with Crippen LogP contribution in [0.4, 0.5) is 17.6 Å². The van der Waals surface area contributed by atoms with E-state index in [0.717, 1.165) is 13.3 Å². The third-order valence-electron chi connectivity index (χ3n) is 4.83. The molecule has 1 aromatic heterocycles. The maximum Gasteiger partial charge on any atom is 0.251 e. The van der Waals surface area contributed by atoms with Crippen LogP contribution in [0.1, 0.15) is 30.0 Å². The normalized spacial score (nSPS) is 11.9. The molecule has 0 spiro atoms. The lowest BCUT2D eigenvalue weighted by molar-refractivity contribution is 0.434. The second-order valence-corrected chi connectivity index (χ2v) is 9.17. The van der Waals surface area contributed by atoms with Crippen LogP contribution >= 0.6 is 0 Å². The lowest BCUT2D eigenvalue weighted by atomic mass is 10.1. The smallest absolute Gasteiger partial charge is 0.251 e. The summed E-state index contributed by atoms with van der Waals surface area (Å²) in [6.45, 7) is 3.28. The molecule has 3 aromatic rings. The summed E-state index contributed by atoms with van der Waals surface area (Å²) in [5.74, 6) is -8.43. The Morgan fingerprint density at radius 2 is 1.53 bits per heavy atom. The SMILES string of the molecule is CCCn1c(=O)ccc2cc(CS(=O)(=O)Cc3c(F)c(F)c(C)c(F)c3F)ccc21. The molecule has 0 saturated carbocycles. The molecule has 3 rings (SSSR count). The third kappa shape index (κ3) is 4.12. The zero-order chi connectivity index (χ0) is 22.2. The summed E-state index contributed by atoms with van der Waals surface area (Å²) in [6.07, 6.45) is 0.732. The molecule has 160 valence electrons. The molecule has 30 heavy (non-hydrogen) atoms. The summed E-state index contributed by atoms with van der Waals surface area (Å²) in [5, 5.41) is 0.625. The summed E-state index contributed by atoms with van der Waals surface area (Å²) in [4.78, 5) is 12.0. The number of benzene rings is 2. The van der Waals surface area contributed by atoms with Crippen molar-refractivity contribution < 1.29 is 26.0 Å². The van der Waals surface area contributed by atoms with Gasteiger partial charge in [-0.25, -0.2) is 26.0 Å². The summed E-state index contributed by atoms with van der Waals surface area (Å²) < 4.78 is 82.2. The van der Waals surface area contributed by atoms with Crippen LogP contribution in [0.5, 0.6) is 0 Å². The fourth-order valence-electron chi connectivity index (χ4n) is 3.34. The highest BCUT2D eigenvalue weighted by Crippen LogP contribution is 2.26. The Morgan fingerprint density at radius 1 is 0.900 bits per heavy atom. The summed E-state index contributed by atoms with van der Waals surface area (Å²) in [7, 11) is -4.16. The molecule has 0 atom stereocenters. The van der Waals surface area contributed by atoms with Crippen molar-refractivity contribution in [3.05, 3.63) is 80.6 Å². The van der Waals surface area contributed by atoms with Gasteiger partial charge in [-0.05, 0) is 42.5 Å². The number of halogens is 4. The summed E-state index contributed by atoms with van der Waals surface area (Å²) in [5.41, 5.74) is -1.24. The summed E-state index contributed by atoms with van der Waals surface area (Å²) >= 11 is 0. The van der Waals surface area contributed by atoms with Gasteiger partial charge in [0.05, 0.1) is 17.0 Å². The molecule has 0 amide bonds. The molecule has 1 heterocycles. The van der Waals surface area contributed by atoms with E-state index in [0.29, 0.717) is 23.0 Å². The number of sulfone groups is 1. The first-order chi connectivity index (χ1) is 14.1. The third-order valence-corrected chi connectivity index (χ3v) is 6.33. The maximum absolute atomic E-state index is 14.1. The van der Waals surface area contributed by atoms with Gasteiger partial charge in [0.15, 0.2) is 33.1 Å². The van der Waals surface area contributed by atoms with Crippen LogP contribution in [0.25, 0.3) is 10.9 Å². The van der Waals surface area contributed by atoms with Gasteiger partial charge in [0.25, 0.3) is 5.56 Å². The topological polar surface area (TPSA) is 56.1 Å². The van der Waals surface area contributed by atoms with E-state index in [9.17, 15) is 30.8 Å². The maximum atomic E-state index is 14.1. The van der Waals surface area contributed by atoms with Crippen LogP contribution in [0.3, 0.4) is 0 Å². The highest BCUT2D eigenvalue weighted by atomic mass is 32.2. The average Bonchev–Trinajstić information content (AvgIpc) is 2.70. The van der Waals surface area contributed by atoms with Gasteiger partial charge in [0.2, 0.25) is 0 Å². The fourth-order valence-corrected chi connectivity index (χ4v) is 4.82. The number of nitrogens with zero attached hydrogens (tertiary/aromatic N) is 1. The van der Waals surface area contributed by atoms with E-state index in [1.807, 2.05) is 6.92 Å². The molecular formula is C21H19F4NO3S. The zero-order valence-electron chi connectivity index (χ0n) is 16.3. The number of aromatic nitrogens is 1. The van der Waals surface area contributed by atoms with E-state index in [2.05, 4.69) is 0 Å². The number of rotatable bonds is 6. The molecule has 0 N–H and O–H groups in total. The lowest BCUT2D eigenvalue weighted by Crippen LogP contribution is -2.19. The van der Waals surface area contributed by atoms with Gasteiger partial charge >= 0.3 is 0 Å². The van der Waals surface area contributed by atoms with Gasteiger partial charge in [-0.3, -0.25) is 4.79 Å². The minimum atomic E-state index is -4.16. The fraction of sp³-hybridized carbons (Fsp3) is 0.286. The van der Waals surface area contributed by atoms with Crippen molar-refractivity contribution in [3.8, 4) is 0 Å². The second-order valence-electron chi connectivity index (χ2n) is 7.11. The Bertz CT molecular complexity index is 1270. The van der Waals surface area contributed by atoms with Gasteiger partial charge < -0.3 is 4.57 Å². The molecule has 2 aromatic carbocycles. The van der Waals surface area contributed by atoms with E-state index < -0.39 is 55.7 Å². The van der Waals surface area contributed by atoms with Crippen molar-refractivity contribution in [2.24, 2.45) is 0 Å². The van der Waals surface area contributed by atoms with Crippen molar-refractivity contribution in [3.63, 3.8) is 0 Å². The highest BCUT2D eigenvalue weighted by Gasteiger charge is 2.27. The second kappa shape index (κ2) is 8.22. The van der Waals surface area contributed by atoms with Crippen LogP contribution in [0, 0.1) is 30.2 Å². The molecule has 9 heteroatoms. The molecule has 0 aliphatic carbocycles. The van der Waals surface area contributed by atoms with E-state index in [4.69, 9.17) is 0 Å². The van der Waals surface area contributed by atoms with Crippen LogP contribution in [0.15, 0.2) is 35.1 Å². The van der Waals surface area contributed by atoms with Crippen molar-refractivity contribution in [1.82, 2.24) is 4.57 Å². The molecule has 0 radical (unpaired) electrons. The lowest BCUT2D eigenvalue weighted by Gasteiger charge is -2.12. The van der Waals surface area contributed by atoms with E-state index in [1.165, 1.54) is 12.1 Å². The van der Waals surface area contributed by atoms with Crippen molar-refractivity contribution in [2.75, 3.05) is 0 Å². The van der Waals surface area contributed by atoms with Crippen molar-refractivity contribution in [2.45, 2.75) is 38.3 Å². The molecule has 0 aliphatic rings. The number of hydrogen-bond donors (Lipinski definition) is 0. The molecule has 0 bridgehead atoms. The van der Waals surface area contributed by atoms with Gasteiger partial charge in [0.1, 0.15) is 0 Å². The molecule has 0 unspecified atom stereocenters. The van der Waals surface area contributed by atoms with E-state index >= 15 is 0 Å². The zero-order valence-corrected chi connectivity index (χ0v) is 17.1. The van der Waals surface area contributed by atoms with Crippen molar-refractivity contribution >= 4 is 20.7 Å². The van der Waals surface area contributed by atoms with Gasteiger partial charge in [-0.1, -0.05) is 13.0 Å². The molecule has 0 saturated heterocycles. The number of aryl methyl sites for hydroxylation is 1. The average molecular weight is 441 g/mol. The standard InChI is InChI=1S/C21H19F4NO3S/c1-3-8-26-16-6-4-13(9-14(16)5-7-17(26)27)10-30(28,29)11-15-20(24)18(22)12(2)19(23)21(15)25/h4-7,9H,3,8,10-11H2,1-2H3. The van der Waals surface area contributed by atoms with Crippen LogP contribution in [0.2, 0.25) is 0 Å². The van der Waals surface area contributed by atoms with Gasteiger partial charge in [-0.15, -0.1) is 0 Å². The first kappa shape index (κ1) is 22.0. The van der Waals surface area contributed by atoms with Crippen LogP contribution in [-0.4, -0.2) is 13.0 Å². The Morgan fingerprint density at radius 3 is 2.13 bits per heavy atom.